The van der Waals surface area contributed by atoms with E-state index in [0.717, 1.165) is 37.9 Å². The van der Waals surface area contributed by atoms with E-state index < -0.39 is 17.5 Å². The first-order valence-electron chi connectivity index (χ1n) is 11.7. The highest BCUT2D eigenvalue weighted by Gasteiger charge is 2.22. The number of carbonyl (C=O) groups is 1. The van der Waals surface area contributed by atoms with Crippen LogP contribution < -0.4 is 16.4 Å². The molecule has 0 radical (unpaired) electrons. The van der Waals surface area contributed by atoms with Crippen LogP contribution in [-0.4, -0.2) is 52.7 Å². The third-order valence-electron chi connectivity index (χ3n) is 6.18. The second-order valence-electron chi connectivity index (χ2n) is 8.67. The number of H-pyrrole nitrogens is 1. The normalized spacial score (nSPS) is 18.3. The van der Waals surface area contributed by atoms with Gasteiger partial charge in [0.25, 0.3) is 0 Å². The van der Waals surface area contributed by atoms with Crippen LogP contribution in [0.25, 0.3) is 10.9 Å². The number of aromatic amines is 1. The van der Waals surface area contributed by atoms with Gasteiger partial charge in [-0.05, 0) is 51.1 Å². The fraction of sp³-hybridized carbons (Fsp3) is 0.360. The maximum absolute atomic E-state index is 14.5. The first kappa shape index (κ1) is 27.7. The number of nitrogen functional groups attached to an aromatic ring is 1. The fourth-order valence-corrected chi connectivity index (χ4v) is 4.22. The van der Waals surface area contributed by atoms with E-state index in [1.54, 1.807) is 13.2 Å². The average Bonchev–Trinajstić information content (AvgIpc) is 3.44. The lowest BCUT2D eigenvalue weighted by Gasteiger charge is -2.30. The summed E-state index contributed by atoms with van der Waals surface area (Å²) in [4.78, 5) is 20.8. The molecule has 1 aliphatic carbocycles. The molecular weight excluding hydrogens is 485 g/mol. The molecule has 198 valence electrons. The number of aldehydes is 1. The molecule has 5 N–H and O–H groups in total. The van der Waals surface area contributed by atoms with Crippen LogP contribution in [0, 0.1) is 11.6 Å². The molecule has 37 heavy (non-hydrogen) atoms. The van der Waals surface area contributed by atoms with Crippen LogP contribution in [0.1, 0.15) is 41.7 Å². The molecule has 0 bridgehead atoms. The molecule has 0 unspecified atom stereocenters. The number of aryl methyl sites for hydroxylation is 1. The molecule has 2 heterocycles. The Morgan fingerprint density at radius 3 is 2.73 bits per heavy atom. The van der Waals surface area contributed by atoms with E-state index in [9.17, 15) is 18.0 Å². The molecule has 1 aliphatic rings. The van der Waals surface area contributed by atoms with Gasteiger partial charge in [-0.2, -0.15) is 5.10 Å². The molecule has 0 amide bonds. The number of nitrogens with two attached hydrogens (primary N) is 1. The van der Waals surface area contributed by atoms with Crippen molar-refractivity contribution in [2.45, 2.75) is 44.3 Å². The molecular formula is C25H31F3N8O. The summed E-state index contributed by atoms with van der Waals surface area (Å²) in [6.45, 7) is 3.34. The zero-order valence-corrected chi connectivity index (χ0v) is 20.8. The van der Waals surface area contributed by atoms with Gasteiger partial charge >= 0.3 is 0 Å². The number of rotatable bonds is 7. The minimum atomic E-state index is -0.675. The van der Waals surface area contributed by atoms with Gasteiger partial charge in [-0.15, -0.1) is 0 Å². The molecule has 4 rings (SSSR count). The molecule has 3 aromatic rings. The number of anilines is 1. The number of fused-ring (bicyclic) bond motifs is 1. The third-order valence-corrected chi connectivity index (χ3v) is 6.18. The maximum atomic E-state index is 14.5. The van der Waals surface area contributed by atoms with Crippen LogP contribution in [0.5, 0.6) is 0 Å². The Hall–Kier alpha value is -3.93. The molecule has 9 nitrogen and oxygen atoms in total. The predicted molar refractivity (Wildman–Crippen MR) is 139 cm³/mol. The number of benzene rings is 1. The first-order chi connectivity index (χ1) is 17.8. The average molecular weight is 517 g/mol. The molecule has 1 fully saturated rings. The highest BCUT2D eigenvalue weighted by atomic mass is 19.1. The van der Waals surface area contributed by atoms with Crippen LogP contribution in [-0.2, 0) is 13.6 Å². The Balaban J connectivity index is 0.000000356. The van der Waals surface area contributed by atoms with E-state index in [4.69, 9.17) is 5.73 Å². The molecule has 2 atom stereocenters. The molecule has 0 aliphatic heterocycles. The van der Waals surface area contributed by atoms with E-state index in [0.29, 0.717) is 34.7 Å². The molecule has 2 aromatic heterocycles. The van der Waals surface area contributed by atoms with Gasteiger partial charge in [-0.1, -0.05) is 0 Å². The van der Waals surface area contributed by atoms with Crippen molar-refractivity contribution in [2.75, 3.05) is 12.8 Å². The third kappa shape index (κ3) is 7.06. The van der Waals surface area contributed by atoms with Crippen molar-refractivity contribution >= 4 is 35.4 Å². The van der Waals surface area contributed by atoms with E-state index in [2.05, 4.69) is 37.4 Å². The van der Waals surface area contributed by atoms with Gasteiger partial charge in [0, 0.05) is 36.8 Å². The smallest absolute Gasteiger partial charge is 0.183 e. The quantitative estimate of drug-likeness (QED) is 0.216. The number of hydrogen-bond acceptors (Lipinski definition) is 6. The lowest BCUT2D eigenvalue weighted by molar-refractivity contribution is 0.111. The summed E-state index contributed by atoms with van der Waals surface area (Å²) in [7, 11) is 3.58. The molecule has 0 saturated heterocycles. The number of nitrogens with one attached hydrogen (secondary N) is 3. The SMILES string of the molecule is C=N/C=C(/F)C(=NCc1c[nH]c2c(F)cc(F)cc12)N[C@H]1CCC[C@@H](NC)C1.Cn1ncc(N)c1C=O. The maximum Gasteiger partial charge on any atom is 0.183 e. The first-order valence-corrected chi connectivity index (χ1v) is 11.7. The van der Waals surface area contributed by atoms with Gasteiger partial charge in [0.1, 0.15) is 17.3 Å². The number of carbonyl (C=O) groups excluding carboxylic acids is 1. The van der Waals surface area contributed by atoms with Crippen molar-refractivity contribution < 1.29 is 18.0 Å². The largest absolute Gasteiger partial charge is 0.396 e. The number of aliphatic imine (C=N–C) groups is 2. The van der Waals surface area contributed by atoms with Crippen LogP contribution >= 0.6 is 0 Å². The van der Waals surface area contributed by atoms with Gasteiger partial charge in [0.05, 0.1) is 30.1 Å². The summed E-state index contributed by atoms with van der Waals surface area (Å²) in [6.07, 6.45) is 8.57. The minimum Gasteiger partial charge on any atom is -0.396 e. The van der Waals surface area contributed by atoms with Crippen molar-refractivity contribution in [1.82, 2.24) is 25.4 Å². The lowest BCUT2D eigenvalue weighted by atomic mass is 9.91. The lowest BCUT2D eigenvalue weighted by Crippen LogP contribution is -2.43. The minimum absolute atomic E-state index is 0.0613. The summed E-state index contributed by atoms with van der Waals surface area (Å²) in [5.41, 5.74) is 6.96. The zero-order valence-electron chi connectivity index (χ0n) is 20.8. The number of amidine groups is 1. The van der Waals surface area contributed by atoms with E-state index in [1.165, 1.54) is 16.9 Å². The summed E-state index contributed by atoms with van der Waals surface area (Å²) in [5, 5.41) is 10.5. The Morgan fingerprint density at radius 2 is 2.11 bits per heavy atom. The summed E-state index contributed by atoms with van der Waals surface area (Å²) in [5.74, 6) is -1.90. The highest BCUT2D eigenvalue weighted by molar-refractivity contribution is 5.96. The second-order valence-corrected chi connectivity index (χ2v) is 8.67. The molecule has 1 saturated carbocycles. The van der Waals surface area contributed by atoms with E-state index in [1.807, 2.05) is 7.05 Å². The van der Waals surface area contributed by atoms with Crippen molar-refractivity contribution in [1.29, 1.82) is 0 Å². The van der Waals surface area contributed by atoms with Gasteiger partial charge in [0.15, 0.2) is 17.9 Å². The Morgan fingerprint density at radius 1 is 1.35 bits per heavy atom. The Bertz CT molecular complexity index is 1280. The van der Waals surface area contributed by atoms with Gasteiger partial charge < -0.3 is 21.4 Å². The number of nitrogens with zero attached hydrogens (tertiary/aromatic N) is 4. The second kappa shape index (κ2) is 12.9. The molecule has 12 heteroatoms. The molecule has 0 spiro atoms. The predicted octanol–water partition coefficient (Wildman–Crippen LogP) is 3.79. The van der Waals surface area contributed by atoms with Gasteiger partial charge in [0.2, 0.25) is 0 Å². The van der Waals surface area contributed by atoms with E-state index in [-0.39, 0.29) is 23.9 Å². The zero-order chi connectivity index (χ0) is 26.9. The molecule has 1 aromatic carbocycles. The number of aromatic nitrogens is 3. The number of halogens is 3. The van der Waals surface area contributed by atoms with Gasteiger partial charge in [-0.3, -0.25) is 19.5 Å². The van der Waals surface area contributed by atoms with Crippen molar-refractivity contribution in [3.05, 3.63) is 59.4 Å². The number of hydrogen-bond donors (Lipinski definition) is 4. The van der Waals surface area contributed by atoms with Crippen molar-refractivity contribution in [3.8, 4) is 0 Å². The van der Waals surface area contributed by atoms with Crippen LogP contribution in [0.2, 0.25) is 0 Å². The van der Waals surface area contributed by atoms with E-state index >= 15 is 0 Å². The topological polar surface area (TPSA) is 125 Å². The van der Waals surface area contributed by atoms with Crippen LogP contribution in [0.15, 0.2) is 46.5 Å². The highest BCUT2D eigenvalue weighted by Crippen LogP contribution is 2.24. The Labute approximate surface area is 212 Å². The van der Waals surface area contributed by atoms with Crippen molar-refractivity contribution in [3.63, 3.8) is 0 Å². The summed E-state index contributed by atoms with van der Waals surface area (Å²) >= 11 is 0. The van der Waals surface area contributed by atoms with Crippen molar-refractivity contribution in [2.24, 2.45) is 17.0 Å². The van der Waals surface area contributed by atoms with Gasteiger partial charge in [-0.25, -0.2) is 13.2 Å². The van der Waals surface area contributed by atoms with Crippen LogP contribution in [0.4, 0.5) is 18.9 Å². The van der Waals surface area contributed by atoms with Crippen LogP contribution in [0.3, 0.4) is 0 Å². The summed E-state index contributed by atoms with van der Waals surface area (Å²) < 4.78 is 43.3. The standard InChI is InChI=1S/C20H24F3N5.C5H7N3O/c1-24-11-18(23)20(28-15-5-3-4-14(8-15)25-2)27-10-12-9-26-19-16(12)6-13(21)7-17(19)22;1-8-5(3-9)4(6)2-7-8/h6-7,9,11,14-15,25-26H,1,3-5,8,10H2,2H3,(H,27,28);2-3H,6H2,1H3/b18-11+;/t14-,15+;/m1./s1. The fourth-order valence-electron chi connectivity index (χ4n) is 4.22. The Kier molecular flexibility index (Phi) is 9.61. The monoisotopic (exact) mass is 516 g/mol. The summed E-state index contributed by atoms with van der Waals surface area (Å²) in [6, 6.07) is 2.50.